The van der Waals surface area contributed by atoms with Crippen molar-refractivity contribution in [3.63, 3.8) is 0 Å². The van der Waals surface area contributed by atoms with Gasteiger partial charge in [0.1, 0.15) is 6.54 Å². The molecule has 0 aliphatic carbocycles. The maximum atomic E-state index is 13.3. The SMILES string of the molecule is Cc1ccc(N(CC(=O)NCc2ccc(Cl)cc2)S(=O)(=O)c2ccccc2)cc1C. The van der Waals surface area contributed by atoms with Gasteiger partial charge in [0, 0.05) is 11.6 Å². The zero-order valence-electron chi connectivity index (χ0n) is 16.8. The summed E-state index contributed by atoms with van der Waals surface area (Å²) in [6.45, 7) is 3.82. The fraction of sp³-hybridized carbons (Fsp3) is 0.174. The first-order valence-corrected chi connectivity index (χ1v) is 11.3. The van der Waals surface area contributed by atoms with Crippen LogP contribution < -0.4 is 9.62 Å². The van der Waals surface area contributed by atoms with E-state index in [0.29, 0.717) is 10.7 Å². The number of anilines is 1. The van der Waals surface area contributed by atoms with Crippen LogP contribution in [0.3, 0.4) is 0 Å². The summed E-state index contributed by atoms with van der Waals surface area (Å²) >= 11 is 5.88. The van der Waals surface area contributed by atoms with Gasteiger partial charge >= 0.3 is 0 Å². The predicted octanol–water partition coefficient (Wildman–Crippen LogP) is 4.47. The molecule has 0 saturated carbocycles. The lowest BCUT2D eigenvalue weighted by atomic mass is 10.1. The lowest BCUT2D eigenvalue weighted by molar-refractivity contribution is -0.119. The second-order valence-electron chi connectivity index (χ2n) is 7.00. The largest absolute Gasteiger partial charge is 0.350 e. The topological polar surface area (TPSA) is 66.5 Å². The fourth-order valence-corrected chi connectivity index (χ4v) is 4.46. The number of carbonyl (C=O) groups excluding carboxylic acids is 1. The highest BCUT2D eigenvalue weighted by Crippen LogP contribution is 2.25. The maximum absolute atomic E-state index is 13.3. The normalized spacial score (nSPS) is 11.2. The number of carbonyl (C=O) groups is 1. The van der Waals surface area contributed by atoms with Crippen LogP contribution in [0.25, 0.3) is 0 Å². The van der Waals surface area contributed by atoms with Crippen molar-refractivity contribution in [1.29, 1.82) is 0 Å². The van der Waals surface area contributed by atoms with E-state index in [1.165, 1.54) is 12.1 Å². The summed E-state index contributed by atoms with van der Waals surface area (Å²) in [5.74, 6) is -0.400. The third kappa shape index (κ3) is 5.20. The van der Waals surface area contributed by atoms with Crippen molar-refractivity contribution in [2.45, 2.75) is 25.3 Å². The van der Waals surface area contributed by atoms with E-state index in [1.807, 2.05) is 32.0 Å². The number of sulfonamides is 1. The summed E-state index contributed by atoms with van der Waals surface area (Å²) in [6, 6.07) is 20.6. The van der Waals surface area contributed by atoms with Gasteiger partial charge in [0.05, 0.1) is 10.6 Å². The van der Waals surface area contributed by atoms with Gasteiger partial charge < -0.3 is 5.32 Å². The smallest absolute Gasteiger partial charge is 0.264 e. The molecule has 0 atom stereocenters. The average molecular weight is 443 g/mol. The van der Waals surface area contributed by atoms with E-state index in [-0.39, 0.29) is 18.0 Å². The van der Waals surface area contributed by atoms with Gasteiger partial charge in [-0.3, -0.25) is 9.10 Å². The molecule has 3 aromatic carbocycles. The van der Waals surface area contributed by atoms with E-state index in [2.05, 4.69) is 5.32 Å². The molecule has 30 heavy (non-hydrogen) atoms. The Morgan fingerprint density at radius 1 is 0.933 bits per heavy atom. The summed E-state index contributed by atoms with van der Waals surface area (Å²) in [5.41, 5.74) is 3.31. The Morgan fingerprint density at radius 2 is 1.60 bits per heavy atom. The molecular formula is C23H23ClN2O3S. The van der Waals surface area contributed by atoms with Crippen molar-refractivity contribution in [3.05, 3.63) is 94.5 Å². The highest BCUT2D eigenvalue weighted by molar-refractivity contribution is 7.92. The number of benzene rings is 3. The van der Waals surface area contributed by atoms with Crippen LogP contribution in [0.4, 0.5) is 5.69 Å². The molecule has 0 spiro atoms. The van der Waals surface area contributed by atoms with Gasteiger partial charge in [-0.15, -0.1) is 0 Å². The Morgan fingerprint density at radius 3 is 2.23 bits per heavy atom. The Labute approximate surface area is 182 Å². The van der Waals surface area contributed by atoms with Crippen LogP contribution in [0.1, 0.15) is 16.7 Å². The summed E-state index contributed by atoms with van der Waals surface area (Å²) < 4.78 is 27.8. The summed E-state index contributed by atoms with van der Waals surface area (Å²) in [5, 5.41) is 3.39. The highest BCUT2D eigenvalue weighted by atomic mass is 35.5. The molecule has 156 valence electrons. The molecule has 0 saturated heterocycles. The molecule has 7 heteroatoms. The summed E-state index contributed by atoms with van der Waals surface area (Å²) in [6.07, 6.45) is 0. The quantitative estimate of drug-likeness (QED) is 0.587. The van der Waals surface area contributed by atoms with E-state index in [9.17, 15) is 13.2 Å². The minimum absolute atomic E-state index is 0.133. The molecule has 5 nitrogen and oxygen atoms in total. The van der Waals surface area contributed by atoms with Crippen LogP contribution in [0.5, 0.6) is 0 Å². The van der Waals surface area contributed by atoms with Gasteiger partial charge in [-0.05, 0) is 66.9 Å². The molecular weight excluding hydrogens is 420 g/mol. The molecule has 0 aromatic heterocycles. The minimum atomic E-state index is -3.91. The van der Waals surface area contributed by atoms with Crippen LogP contribution in [-0.2, 0) is 21.4 Å². The van der Waals surface area contributed by atoms with Gasteiger partial charge in [0.15, 0.2) is 0 Å². The Hall–Kier alpha value is -2.83. The number of halogens is 1. The number of hydrogen-bond acceptors (Lipinski definition) is 3. The molecule has 0 fully saturated rings. The first kappa shape index (κ1) is 21.9. The number of nitrogens with zero attached hydrogens (tertiary/aromatic N) is 1. The van der Waals surface area contributed by atoms with E-state index >= 15 is 0 Å². The Bertz CT molecular complexity index is 1130. The standard InChI is InChI=1S/C23H23ClN2O3S/c1-17-8-13-21(14-18(17)2)26(30(28,29)22-6-4-3-5-7-22)16-23(27)25-15-19-9-11-20(24)12-10-19/h3-14H,15-16H2,1-2H3,(H,25,27). The number of nitrogens with one attached hydrogen (secondary N) is 1. The predicted molar refractivity (Wildman–Crippen MR) is 120 cm³/mol. The second kappa shape index (κ2) is 9.32. The lowest BCUT2D eigenvalue weighted by Crippen LogP contribution is -2.40. The van der Waals surface area contributed by atoms with Crippen LogP contribution in [-0.4, -0.2) is 20.9 Å². The third-order valence-electron chi connectivity index (χ3n) is 4.80. The Kier molecular flexibility index (Phi) is 6.80. The van der Waals surface area contributed by atoms with E-state index in [4.69, 9.17) is 11.6 Å². The Balaban J connectivity index is 1.86. The molecule has 3 aromatic rings. The molecule has 1 N–H and O–H groups in total. The molecule has 0 unspecified atom stereocenters. The molecule has 0 heterocycles. The molecule has 0 radical (unpaired) electrons. The molecule has 3 rings (SSSR count). The number of rotatable bonds is 7. The number of aryl methyl sites for hydroxylation is 2. The highest BCUT2D eigenvalue weighted by Gasteiger charge is 2.27. The van der Waals surface area contributed by atoms with Gasteiger partial charge in [-0.1, -0.05) is 48.0 Å². The van der Waals surface area contributed by atoms with E-state index in [1.54, 1.807) is 42.5 Å². The van der Waals surface area contributed by atoms with E-state index in [0.717, 1.165) is 21.0 Å². The molecule has 1 amide bonds. The van der Waals surface area contributed by atoms with Crippen molar-refractivity contribution >= 4 is 33.2 Å². The molecule has 0 bridgehead atoms. The van der Waals surface area contributed by atoms with Crippen molar-refractivity contribution in [2.24, 2.45) is 0 Å². The van der Waals surface area contributed by atoms with Crippen LogP contribution >= 0.6 is 11.6 Å². The monoisotopic (exact) mass is 442 g/mol. The summed E-state index contributed by atoms with van der Waals surface area (Å²) in [4.78, 5) is 12.8. The average Bonchev–Trinajstić information content (AvgIpc) is 2.74. The molecule has 0 aliphatic heterocycles. The first-order chi connectivity index (χ1) is 14.3. The van der Waals surface area contributed by atoms with Crippen LogP contribution in [0, 0.1) is 13.8 Å². The summed E-state index contributed by atoms with van der Waals surface area (Å²) in [7, 11) is -3.91. The van der Waals surface area contributed by atoms with Crippen molar-refractivity contribution in [1.82, 2.24) is 5.32 Å². The first-order valence-electron chi connectivity index (χ1n) is 9.43. The van der Waals surface area contributed by atoms with Crippen LogP contribution in [0.15, 0.2) is 77.7 Å². The maximum Gasteiger partial charge on any atom is 0.264 e. The van der Waals surface area contributed by atoms with Gasteiger partial charge in [-0.25, -0.2) is 8.42 Å². The minimum Gasteiger partial charge on any atom is -0.350 e. The third-order valence-corrected chi connectivity index (χ3v) is 6.84. The van der Waals surface area contributed by atoms with E-state index < -0.39 is 15.9 Å². The van der Waals surface area contributed by atoms with Gasteiger partial charge in [-0.2, -0.15) is 0 Å². The van der Waals surface area contributed by atoms with Crippen molar-refractivity contribution < 1.29 is 13.2 Å². The zero-order chi connectivity index (χ0) is 21.7. The van der Waals surface area contributed by atoms with Gasteiger partial charge in [0.2, 0.25) is 5.91 Å². The van der Waals surface area contributed by atoms with Crippen molar-refractivity contribution in [3.8, 4) is 0 Å². The second-order valence-corrected chi connectivity index (χ2v) is 9.30. The zero-order valence-corrected chi connectivity index (χ0v) is 18.4. The van der Waals surface area contributed by atoms with Crippen molar-refractivity contribution in [2.75, 3.05) is 10.8 Å². The number of amides is 1. The molecule has 0 aliphatic rings. The van der Waals surface area contributed by atoms with Crippen LogP contribution in [0.2, 0.25) is 5.02 Å². The lowest BCUT2D eigenvalue weighted by Gasteiger charge is -2.25. The fourth-order valence-electron chi connectivity index (χ4n) is 2.90. The van der Waals surface area contributed by atoms with Gasteiger partial charge in [0.25, 0.3) is 10.0 Å². The number of hydrogen-bond donors (Lipinski definition) is 1.